The Labute approximate surface area is 154 Å². The van der Waals surface area contributed by atoms with E-state index in [0.29, 0.717) is 0 Å². The summed E-state index contributed by atoms with van der Waals surface area (Å²) in [5, 5.41) is 5.37. The van der Waals surface area contributed by atoms with Crippen LogP contribution in [0.3, 0.4) is 0 Å². The highest BCUT2D eigenvalue weighted by Gasteiger charge is 2.03. The Hall–Kier alpha value is -3.08. The van der Waals surface area contributed by atoms with Gasteiger partial charge in [0.2, 0.25) is 0 Å². The molecule has 5 heteroatoms. The number of benzene rings is 2. The minimum Gasteiger partial charge on any atom is -0.497 e. The molecule has 0 aliphatic carbocycles. The van der Waals surface area contributed by atoms with Gasteiger partial charge in [-0.1, -0.05) is 12.1 Å². The van der Waals surface area contributed by atoms with Crippen LogP contribution in [0.4, 0.5) is 11.4 Å². The van der Waals surface area contributed by atoms with Crippen molar-refractivity contribution in [3.8, 4) is 5.75 Å². The summed E-state index contributed by atoms with van der Waals surface area (Å²) in [5.74, 6) is 0.791. The van der Waals surface area contributed by atoms with Crippen LogP contribution in [-0.2, 0) is 0 Å². The van der Waals surface area contributed by atoms with Crippen LogP contribution >= 0.6 is 0 Å². The Morgan fingerprint density at radius 3 is 2.54 bits per heavy atom. The summed E-state index contributed by atoms with van der Waals surface area (Å²) in [6.45, 7) is 6.34. The predicted molar refractivity (Wildman–Crippen MR) is 110 cm³/mol. The van der Waals surface area contributed by atoms with E-state index >= 15 is 0 Å². The maximum Gasteiger partial charge on any atom is 0.121 e. The zero-order valence-electron chi connectivity index (χ0n) is 15.4. The van der Waals surface area contributed by atoms with Crippen molar-refractivity contribution in [1.29, 1.82) is 0 Å². The third kappa shape index (κ3) is 3.94. The first-order valence-electron chi connectivity index (χ1n) is 8.82. The van der Waals surface area contributed by atoms with Crippen molar-refractivity contribution in [2.45, 2.75) is 13.8 Å². The monoisotopic (exact) mass is 348 g/mol. The van der Waals surface area contributed by atoms with Gasteiger partial charge in [-0.25, -0.2) is 0 Å². The maximum absolute atomic E-state index is 5.25. The van der Waals surface area contributed by atoms with E-state index in [1.165, 1.54) is 5.69 Å². The van der Waals surface area contributed by atoms with E-state index in [-0.39, 0.29) is 0 Å². The fraction of sp³-hybridized carbons (Fsp3) is 0.238. The summed E-state index contributed by atoms with van der Waals surface area (Å²) in [6.07, 6.45) is 3.58. The average Bonchev–Trinajstić information content (AvgIpc) is 2.69. The molecule has 0 amide bonds. The van der Waals surface area contributed by atoms with E-state index < -0.39 is 0 Å². The Kier molecular flexibility index (Phi) is 5.69. The van der Waals surface area contributed by atoms with Crippen molar-refractivity contribution >= 4 is 28.5 Å². The zero-order chi connectivity index (χ0) is 18.4. The third-order valence-corrected chi connectivity index (χ3v) is 4.37. The number of nitrogens with zero attached hydrogens (tertiary/aromatic N) is 3. The molecule has 0 fully saturated rings. The Morgan fingerprint density at radius 2 is 1.85 bits per heavy atom. The van der Waals surface area contributed by atoms with Gasteiger partial charge in [0.25, 0.3) is 0 Å². The average molecular weight is 348 g/mol. The van der Waals surface area contributed by atoms with Crippen molar-refractivity contribution in [3.63, 3.8) is 0 Å². The molecule has 0 spiro atoms. The second-order valence-corrected chi connectivity index (χ2v) is 5.88. The minimum atomic E-state index is 0.791. The molecule has 0 bridgehead atoms. The number of fused-ring (bicyclic) bond motifs is 1. The van der Waals surface area contributed by atoms with Gasteiger partial charge in [-0.05, 0) is 49.7 Å². The van der Waals surface area contributed by atoms with Gasteiger partial charge in [0, 0.05) is 36.4 Å². The molecule has 0 saturated carbocycles. The third-order valence-electron chi connectivity index (χ3n) is 4.37. The fourth-order valence-electron chi connectivity index (χ4n) is 2.89. The highest BCUT2D eigenvalue weighted by Crippen LogP contribution is 2.25. The number of nitrogens with one attached hydrogen (secondary N) is 1. The molecule has 0 saturated heterocycles. The normalized spacial score (nSPS) is 11.0. The Morgan fingerprint density at radius 1 is 1.08 bits per heavy atom. The molecule has 0 radical (unpaired) electrons. The molecule has 0 aliphatic rings. The van der Waals surface area contributed by atoms with Gasteiger partial charge in [0.15, 0.2) is 0 Å². The summed E-state index contributed by atoms with van der Waals surface area (Å²) in [5.41, 5.74) is 7.17. The summed E-state index contributed by atoms with van der Waals surface area (Å²) < 4.78 is 5.25. The lowest BCUT2D eigenvalue weighted by molar-refractivity contribution is 0.415. The number of ether oxygens (including phenoxy) is 1. The van der Waals surface area contributed by atoms with Crippen LogP contribution < -0.4 is 15.1 Å². The molecule has 1 aromatic heterocycles. The van der Waals surface area contributed by atoms with Crippen LogP contribution in [0.25, 0.3) is 10.9 Å². The van der Waals surface area contributed by atoms with Crippen molar-refractivity contribution in [3.05, 3.63) is 60.3 Å². The molecule has 0 aliphatic heterocycles. The topological polar surface area (TPSA) is 49.8 Å². The van der Waals surface area contributed by atoms with Gasteiger partial charge in [0.1, 0.15) is 5.75 Å². The highest BCUT2D eigenvalue weighted by atomic mass is 16.5. The van der Waals surface area contributed by atoms with Crippen molar-refractivity contribution in [1.82, 2.24) is 4.98 Å². The molecule has 26 heavy (non-hydrogen) atoms. The summed E-state index contributed by atoms with van der Waals surface area (Å²) >= 11 is 0. The minimum absolute atomic E-state index is 0.791. The van der Waals surface area contributed by atoms with Crippen LogP contribution in [-0.4, -0.2) is 31.4 Å². The highest BCUT2D eigenvalue weighted by molar-refractivity contribution is 5.92. The second-order valence-electron chi connectivity index (χ2n) is 5.88. The SMILES string of the molecule is CCN(CC)c1ccc(/C=N/Nc2ccnc3cc(OC)ccc23)cc1. The molecular formula is C21H24N4O. The molecule has 1 heterocycles. The van der Waals surface area contributed by atoms with Gasteiger partial charge in [-0.2, -0.15) is 5.10 Å². The van der Waals surface area contributed by atoms with Crippen LogP contribution in [0.15, 0.2) is 59.8 Å². The molecule has 5 nitrogen and oxygen atoms in total. The standard InChI is InChI=1S/C21H24N4O/c1-4-25(5-2)17-8-6-16(7-9-17)15-23-24-20-12-13-22-21-14-18(26-3)10-11-19(20)21/h6-15H,4-5H2,1-3H3,(H,22,24)/b23-15+. The Balaban J connectivity index is 1.73. The van der Waals surface area contributed by atoms with Crippen LogP contribution in [0.1, 0.15) is 19.4 Å². The van der Waals surface area contributed by atoms with E-state index in [1.807, 2.05) is 30.5 Å². The number of anilines is 2. The zero-order valence-corrected chi connectivity index (χ0v) is 15.4. The van der Waals surface area contributed by atoms with E-state index in [0.717, 1.165) is 41.0 Å². The molecule has 134 valence electrons. The van der Waals surface area contributed by atoms with Gasteiger partial charge in [-0.15, -0.1) is 0 Å². The first-order chi connectivity index (χ1) is 12.7. The molecule has 1 N–H and O–H groups in total. The number of methoxy groups -OCH3 is 1. The molecule has 2 aromatic carbocycles. The summed E-state index contributed by atoms with van der Waals surface area (Å²) in [4.78, 5) is 6.70. The first-order valence-corrected chi connectivity index (χ1v) is 8.82. The molecule has 3 rings (SSSR count). The van der Waals surface area contributed by atoms with Crippen LogP contribution in [0.2, 0.25) is 0 Å². The number of pyridine rings is 1. The molecule has 0 unspecified atom stereocenters. The van der Waals surface area contributed by atoms with Gasteiger partial charge >= 0.3 is 0 Å². The van der Waals surface area contributed by atoms with E-state index in [9.17, 15) is 0 Å². The smallest absolute Gasteiger partial charge is 0.121 e. The Bertz CT molecular complexity index is 886. The number of rotatable bonds is 7. The van der Waals surface area contributed by atoms with Gasteiger partial charge in [-0.3, -0.25) is 10.4 Å². The number of hydrazone groups is 1. The number of aromatic nitrogens is 1. The molecule has 3 aromatic rings. The lowest BCUT2D eigenvalue weighted by Gasteiger charge is -2.20. The number of hydrogen-bond donors (Lipinski definition) is 1. The summed E-state index contributed by atoms with van der Waals surface area (Å²) in [6, 6.07) is 16.1. The quantitative estimate of drug-likeness (QED) is 0.503. The lowest BCUT2D eigenvalue weighted by atomic mass is 10.2. The van der Waals surface area contributed by atoms with E-state index in [1.54, 1.807) is 13.3 Å². The van der Waals surface area contributed by atoms with Gasteiger partial charge < -0.3 is 9.64 Å². The predicted octanol–water partition coefficient (Wildman–Crippen LogP) is 4.54. The van der Waals surface area contributed by atoms with Crippen LogP contribution in [0, 0.1) is 0 Å². The van der Waals surface area contributed by atoms with Crippen molar-refractivity contribution < 1.29 is 4.74 Å². The first kappa shape index (κ1) is 17.7. The van der Waals surface area contributed by atoms with E-state index in [4.69, 9.17) is 4.74 Å². The number of hydrogen-bond acceptors (Lipinski definition) is 5. The molecule has 0 atom stereocenters. The van der Waals surface area contributed by atoms with Crippen LogP contribution in [0.5, 0.6) is 5.75 Å². The van der Waals surface area contributed by atoms with Gasteiger partial charge in [0.05, 0.1) is 24.5 Å². The summed E-state index contributed by atoms with van der Waals surface area (Å²) in [7, 11) is 1.65. The molecular weight excluding hydrogens is 324 g/mol. The van der Waals surface area contributed by atoms with Crippen molar-refractivity contribution in [2.75, 3.05) is 30.5 Å². The fourth-order valence-corrected chi connectivity index (χ4v) is 2.89. The second kappa shape index (κ2) is 8.34. The van der Waals surface area contributed by atoms with E-state index in [2.05, 4.69) is 58.5 Å². The largest absolute Gasteiger partial charge is 0.497 e. The maximum atomic E-state index is 5.25. The van der Waals surface area contributed by atoms with Crippen molar-refractivity contribution in [2.24, 2.45) is 5.10 Å². The lowest BCUT2D eigenvalue weighted by Crippen LogP contribution is -2.21.